The van der Waals surface area contributed by atoms with E-state index in [0.29, 0.717) is 70.7 Å². The number of hydrogen-bond acceptors (Lipinski definition) is 14. The number of aliphatic hydroxyl groups excluding tert-OH is 2. The van der Waals surface area contributed by atoms with E-state index in [4.69, 9.17) is 37.9 Å². The van der Waals surface area contributed by atoms with Gasteiger partial charge in [0.25, 0.3) is 0 Å². The van der Waals surface area contributed by atoms with Crippen molar-refractivity contribution in [2.45, 2.75) is 269 Å². The second-order valence-corrected chi connectivity index (χ2v) is 38.1. The molecule has 10 aliphatic carbocycles. The summed E-state index contributed by atoms with van der Waals surface area (Å²) in [5.74, 6) is 2.07. The molecule has 2 aromatic rings. The Morgan fingerprint density at radius 2 is 0.835 bits per heavy atom. The van der Waals surface area contributed by atoms with E-state index in [9.17, 15) is 29.4 Å². The zero-order chi connectivity index (χ0) is 74.4. The van der Waals surface area contributed by atoms with Gasteiger partial charge in [-0.3, -0.25) is 19.2 Å². The summed E-state index contributed by atoms with van der Waals surface area (Å²) < 4.78 is 47.4. The van der Waals surface area contributed by atoms with E-state index in [-0.39, 0.29) is 95.1 Å². The molecule has 0 amide bonds. The van der Waals surface area contributed by atoms with Crippen LogP contribution in [0, 0.1) is 101 Å². The highest BCUT2D eigenvalue weighted by molar-refractivity contribution is 5.93. The number of fused-ring (bicyclic) bond motifs is 12. The van der Waals surface area contributed by atoms with Crippen molar-refractivity contribution in [3.8, 4) is 23.0 Å². The van der Waals surface area contributed by atoms with E-state index in [0.717, 1.165) is 51.4 Å². The molecule has 0 bridgehead atoms. The molecule has 19 atom stereocenters. The molecular formula is C89H126O14. The Kier molecular flexibility index (Phi) is 21.3. The maximum Gasteiger partial charge on any atom is 0.322 e. The molecule has 2 aromatic carbocycles. The molecule has 0 heterocycles. The average molecular weight is 1420 g/mol. The van der Waals surface area contributed by atoms with Crippen LogP contribution in [0.5, 0.6) is 23.0 Å². The van der Waals surface area contributed by atoms with Gasteiger partial charge in [0.15, 0.2) is 23.0 Å². The van der Waals surface area contributed by atoms with E-state index in [1.165, 1.54) is 109 Å². The number of allylic oxidation sites excluding steroid dienone is 5. The van der Waals surface area contributed by atoms with E-state index in [1.807, 2.05) is 14.2 Å². The monoisotopic (exact) mass is 1420 g/mol. The summed E-state index contributed by atoms with van der Waals surface area (Å²) in [7, 11) is 6.71. The molecule has 1 unspecified atom stereocenters. The predicted molar refractivity (Wildman–Crippen MR) is 403 cm³/mol. The first-order chi connectivity index (χ1) is 48.4. The predicted octanol–water partition coefficient (Wildman–Crippen LogP) is 19.5. The van der Waals surface area contributed by atoms with E-state index in [2.05, 4.69) is 109 Å². The summed E-state index contributed by atoms with van der Waals surface area (Å²) in [6, 6.07) is 9.78. The molecule has 14 nitrogen and oxygen atoms in total. The Morgan fingerprint density at radius 3 is 1.24 bits per heavy atom. The highest BCUT2D eigenvalue weighted by Gasteiger charge is 2.66. The van der Waals surface area contributed by atoms with Crippen molar-refractivity contribution in [1.82, 2.24) is 0 Å². The third-order valence-corrected chi connectivity index (χ3v) is 31.4. The average Bonchev–Trinajstić information content (AvgIpc) is 1.67. The second-order valence-electron chi connectivity index (χ2n) is 38.1. The standard InChI is InChI=1S/C89H126O14/c1-80(2)68-35-41-84(9)52-56-23-31-66-82(5,6)74(39-43-86(66,11)60(56)27-33-70(84)88(68,13)45-37-72(80)98-17)102-78(94)50-76(92)100-62-29-21-54(47-64(62)96-15)19-25-58(90)49-59(91)26-20-55-22-30-63(65(48-55)97-16)101-77(93)51-79(95)103-75-40-44-87(12)61-28-34-71-85(10,53-57(61)24-32-67(87)83(75,7)8)42-36-69-81(3,4)73(99-18)38-46-89(69,71)14/h19-26,29-30,47-49,58,60-61,66-75,90-91H,27-28,31-46,50-53H2,1-18H3/b25-19+,26-20+,59-49-/t58?,60-,61-,66-,67-,68-,69-,70-,71-,72+,73+,74+,75+,84-,85-,86+,87+,88-,89-/m0/s1. The van der Waals surface area contributed by atoms with Gasteiger partial charge in [0, 0.05) is 25.0 Å². The minimum absolute atomic E-state index is 0.0763. The van der Waals surface area contributed by atoms with Crippen LogP contribution in [0.2, 0.25) is 0 Å². The normalized spacial score (nSPS) is 38.6. The van der Waals surface area contributed by atoms with E-state index < -0.39 is 42.8 Å². The first-order valence-corrected chi connectivity index (χ1v) is 39.5. The molecule has 8 saturated carbocycles. The van der Waals surface area contributed by atoms with Crippen molar-refractivity contribution >= 4 is 36.0 Å². The fourth-order valence-corrected chi connectivity index (χ4v) is 26.5. The van der Waals surface area contributed by atoms with Crippen LogP contribution < -0.4 is 18.9 Å². The van der Waals surface area contributed by atoms with Gasteiger partial charge in [0.1, 0.15) is 30.8 Å². The molecule has 12 rings (SSSR count). The first-order valence-electron chi connectivity index (χ1n) is 39.5. The van der Waals surface area contributed by atoms with Crippen molar-refractivity contribution in [2.24, 2.45) is 101 Å². The molecule has 0 aromatic heterocycles. The van der Waals surface area contributed by atoms with Gasteiger partial charge in [-0.1, -0.05) is 151 Å². The Hall–Kier alpha value is -5.70. The minimum Gasteiger partial charge on any atom is -0.508 e. The van der Waals surface area contributed by atoms with Crippen LogP contribution in [-0.4, -0.2) is 93.0 Å². The first kappa shape index (κ1) is 76.9. The lowest BCUT2D eigenvalue weighted by molar-refractivity contribution is -0.178. The smallest absolute Gasteiger partial charge is 0.322 e. The number of carbonyl (C=O) groups is 4. The lowest BCUT2D eigenvalue weighted by atomic mass is 9.42. The van der Waals surface area contributed by atoms with Crippen molar-refractivity contribution in [1.29, 1.82) is 0 Å². The lowest BCUT2D eigenvalue weighted by Crippen LogP contribution is -2.58. The maximum absolute atomic E-state index is 13.7. The number of rotatable bonds is 17. The molecule has 0 radical (unpaired) electrons. The van der Waals surface area contributed by atoms with Crippen LogP contribution >= 0.6 is 0 Å². The summed E-state index contributed by atoms with van der Waals surface area (Å²) in [4.78, 5) is 54.2. The van der Waals surface area contributed by atoms with Gasteiger partial charge in [-0.15, -0.1) is 0 Å². The van der Waals surface area contributed by atoms with Gasteiger partial charge in [-0.25, -0.2) is 0 Å². The number of benzene rings is 2. The number of carbonyl (C=O) groups excluding carboxylic acids is 4. The molecule has 0 aliphatic heterocycles. The molecule has 0 saturated heterocycles. The summed E-state index contributed by atoms with van der Waals surface area (Å²) in [6.07, 6.45) is 32.6. The molecule has 0 spiro atoms. The Labute approximate surface area is 616 Å². The van der Waals surface area contributed by atoms with Crippen molar-refractivity contribution < 1.29 is 67.3 Å². The molecule has 14 heteroatoms. The van der Waals surface area contributed by atoms with Crippen LogP contribution in [0.25, 0.3) is 12.2 Å². The molecule has 103 heavy (non-hydrogen) atoms. The lowest BCUT2D eigenvalue weighted by Gasteiger charge is -2.64. The maximum atomic E-state index is 13.7. The molecule has 8 fully saturated rings. The largest absolute Gasteiger partial charge is 0.508 e. The minimum atomic E-state index is -1.20. The number of methoxy groups -OCH3 is 4. The second kappa shape index (κ2) is 28.5. The summed E-state index contributed by atoms with van der Waals surface area (Å²) >= 11 is 0. The molecular weight excluding hydrogens is 1290 g/mol. The van der Waals surface area contributed by atoms with Crippen molar-refractivity contribution in [2.75, 3.05) is 28.4 Å². The van der Waals surface area contributed by atoms with Gasteiger partial charge in [0.2, 0.25) is 0 Å². The molecule has 566 valence electrons. The fourth-order valence-electron chi connectivity index (χ4n) is 26.5. The van der Waals surface area contributed by atoms with Crippen LogP contribution in [-0.2, 0) is 38.1 Å². The number of aliphatic hydroxyl groups is 2. The zero-order valence-corrected chi connectivity index (χ0v) is 65.9. The molecule has 10 aliphatic rings. The van der Waals surface area contributed by atoms with E-state index in [1.54, 1.807) is 59.7 Å². The van der Waals surface area contributed by atoms with Gasteiger partial charge < -0.3 is 48.1 Å². The van der Waals surface area contributed by atoms with Crippen LogP contribution in [0.1, 0.15) is 249 Å². The number of hydrogen-bond donors (Lipinski definition) is 2. The molecule has 2 N–H and O–H groups in total. The van der Waals surface area contributed by atoms with Crippen molar-refractivity contribution in [3.05, 3.63) is 94.8 Å². The fraction of sp³-hybridized carbons (Fsp3) is 0.708. The van der Waals surface area contributed by atoms with Crippen LogP contribution in [0.4, 0.5) is 0 Å². The van der Waals surface area contributed by atoms with Gasteiger partial charge >= 0.3 is 23.9 Å². The Bertz CT molecular complexity index is 3700. The Balaban J connectivity index is 0.593. The summed E-state index contributed by atoms with van der Waals surface area (Å²) in [5, 5.41) is 21.8. The van der Waals surface area contributed by atoms with Gasteiger partial charge in [-0.05, 0) is 267 Å². The van der Waals surface area contributed by atoms with E-state index >= 15 is 0 Å². The Morgan fingerprint density at radius 1 is 0.447 bits per heavy atom. The summed E-state index contributed by atoms with van der Waals surface area (Å²) in [6.45, 7) is 34.5. The zero-order valence-electron chi connectivity index (χ0n) is 65.9. The highest BCUT2D eigenvalue weighted by atomic mass is 16.6. The van der Waals surface area contributed by atoms with Gasteiger partial charge in [-0.2, -0.15) is 0 Å². The summed E-state index contributed by atoms with van der Waals surface area (Å²) in [5.41, 5.74) is 5.51. The third kappa shape index (κ3) is 13.9. The number of ether oxygens (including phenoxy) is 8. The van der Waals surface area contributed by atoms with Gasteiger partial charge in [0.05, 0.1) is 32.5 Å². The quantitative estimate of drug-likeness (QED) is 0.0381. The topological polar surface area (TPSA) is 183 Å². The van der Waals surface area contributed by atoms with Crippen molar-refractivity contribution in [3.63, 3.8) is 0 Å². The SMILES string of the molecule is COc1cc(/C=C/C(O)=C/C(O)/C=C/c2ccc(OC(=O)CC(=O)O[C@@H]3CC[C@]4(C)[C@H]5CC[C@H]6[C@@](C)(CC[C@H]7C(C)(C)[C@H](OC)CC[C@@]76C)CC5=CC[C@H]4C3(C)C)c(OC)c2)ccc1OC(=O)CC(=O)O[C@@H]1CC[C@]2(C)[C@H]3CC[C@H]4[C@@](C)(CC[C@H]5C(C)(C)[C@H](OC)CC[C@@]54C)CC3=CC[C@H]2C1(C)C. The number of esters is 4. The van der Waals surface area contributed by atoms with Crippen LogP contribution in [0.15, 0.2) is 83.7 Å². The highest BCUT2D eigenvalue weighted by Crippen LogP contribution is 2.73. The third-order valence-electron chi connectivity index (χ3n) is 31.4. The van der Waals surface area contributed by atoms with Crippen LogP contribution in [0.3, 0.4) is 0 Å².